The topological polar surface area (TPSA) is 36.4 Å². The minimum Gasteiger partial charge on any atom is -0.343 e. The number of nitrogens with zero attached hydrogens (tertiary/aromatic N) is 3. The minimum absolute atomic E-state index is 0.0658. The summed E-state index contributed by atoms with van der Waals surface area (Å²) in [6, 6.07) is 6.30. The van der Waals surface area contributed by atoms with Gasteiger partial charge in [-0.3, -0.25) is 14.7 Å². The van der Waals surface area contributed by atoms with Gasteiger partial charge in [0.25, 0.3) is 0 Å². The lowest BCUT2D eigenvalue weighted by atomic mass is 9.96. The number of benzene rings is 1. The van der Waals surface area contributed by atoms with Crippen LogP contribution in [0, 0.1) is 0 Å². The highest BCUT2D eigenvalue weighted by Gasteiger charge is 2.33. The number of carbonyl (C=O) groups is 1. The van der Waals surface area contributed by atoms with Gasteiger partial charge in [-0.15, -0.1) is 0 Å². The molecular weight excluding hydrogens is 481 g/mol. The number of hydrogen-bond acceptors (Lipinski definition) is 3. The Kier molecular flexibility index (Phi) is 5.37. The van der Waals surface area contributed by atoms with Gasteiger partial charge < -0.3 is 4.90 Å². The van der Waals surface area contributed by atoms with Crippen LogP contribution >= 0.6 is 43.5 Å². The number of piperazine rings is 1. The first-order valence-electron chi connectivity index (χ1n) is 8.62. The summed E-state index contributed by atoms with van der Waals surface area (Å²) in [6.07, 6.45) is 4.69. The third kappa shape index (κ3) is 3.44. The third-order valence-electron chi connectivity index (χ3n) is 5.21. The summed E-state index contributed by atoms with van der Waals surface area (Å²) in [5.41, 5.74) is 4.89. The molecule has 4 nitrogen and oxygen atoms in total. The van der Waals surface area contributed by atoms with Crippen molar-refractivity contribution < 1.29 is 4.79 Å². The van der Waals surface area contributed by atoms with Gasteiger partial charge in [0.15, 0.2) is 0 Å². The Morgan fingerprint density at radius 2 is 1.81 bits per heavy atom. The van der Waals surface area contributed by atoms with E-state index in [0.717, 1.165) is 65.1 Å². The Balaban J connectivity index is 1.84. The molecule has 1 amide bonds. The lowest BCUT2D eigenvalue weighted by Gasteiger charge is -2.39. The molecule has 1 aromatic carbocycles. The number of fused-ring (bicyclic) bond motifs is 2. The fourth-order valence-electron chi connectivity index (χ4n) is 3.95. The lowest BCUT2D eigenvalue weighted by Crippen LogP contribution is -2.47. The van der Waals surface area contributed by atoms with E-state index in [9.17, 15) is 4.79 Å². The van der Waals surface area contributed by atoms with Crippen LogP contribution < -0.4 is 0 Å². The van der Waals surface area contributed by atoms with Crippen LogP contribution in [0.5, 0.6) is 0 Å². The van der Waals surface area contributed by atoms with Crippen LogP contribution in [0.1, 0.15) is 28.4 Å². The first-order chi connectivity index (χ1) is 12.6. The molecule has 1 saturated heterocycles. The third-order valence-corrected chi connectivity index (χ3v) is 6.52. The maximum Gasteiger partial charge on any atom is 0.209 e. The predicted octanol–water partition coefficient (Wildman–Crippen LogP) is 4.22. The van der Waals surface area contributed by atoms with E-state index in [-0.39, 0.29) is 6.04 Å². The summed E-state index contributed by atoms with van der Waals surface area (Å²) in [5, 5.41) is 0.750. The second kappa shape index (κ2) is 7.58. The van der Waals surface area contributed by atoms with Crippen molar-refractivity contribution in [3.63, 3.8) is 0 Å². The van der Waals surface area contributed by atoms with E-state index in [2.05, 4.69) is 48.9 Å². The summed E-state index contributed by atoms with van der Waals surface area (Å²) >= 11 is 13.6. The minimum atomic E-state index is 0.0658. The monoisotopic (exact) mass is 497 g/mol. The Labute approximate surface area is 174 Å². The highest BCUT2D eigenvalue weighted by atomic mass is 79.9. The van der Waals surface area contributed by atoms with Crippen LogP contribution in [0.4, 0.5) is 0 Å². The first kappa shape index (κ1) is 18.4. The molecule has 4 rings (SSSR count). The fourth-order valence-corrected chi connectivity index (χ4v) is 5.42. The Hall–Kier alpha value is -0.950. The summed E-state index contributed by atoms with van der Waals surface area (Å²) in [7, 11) is 0. The molecule has 0 saturated carbocycles. The van der Waals surface area contributed by atoms with Crippen molar-refractivity contribution in [3.05, 3.63) is 60.7 Å². The van der Waals surface area contributed by atoms with Gasteiger partial charge in [-0.05, 0) is 63.7 Å². The number of halogens is 3. The molecular formula is C19H18Br2ClN3O. The number of pyridine rings is 1. The molecule has 136 valence electrons. The van der Waals surface area contributed by atoms with Crippen LogP contribution in [-0.2, 0) is 17.6 Å². The van der Waals surface area contributed by atoms with Crippen molar-refractivity contribution in [1.82, 2.24) is 14.8 Å². The number of aromatic nitrogens is 1. The Morgan fingerprint density at radius 1 is 1.08 bits per heavy atom. The highest BCUT2D eigenvalue weighted by molar-refractivity contribution is 9.10. The van der Waals surface area contributed by atoms with Gasteiger partial charge in [0.05, 0.1) is 11.7 Å². The molecule has 0 spiro atoms. The van der Waals surface area contributed by atoms with Crippen molar-refractivity contribution in [1.29, 1.82) is 0 Å². The average molecular weight is 500 g/mol. The second-order valence-electron chi connectivity index (χ2n) is 6.74. The van der Waals surface area contributed by atoms with E-state index in [1.54, 1.807) is 0 Å². The number of amides is 1. The largest absolute Gasteiger partial charge is 0.343 e. The molecule has 1 aromatic heterocycles. The van der Waals surface area contributed by atoms with E-state index in [1.165, 1.54) is 16.7 Å². The van der Waals surface area contributed by atoms with E-state index in [0.29, 0.717) is 0 Å². The molecule has 0 unspecified atom stereocenters. The molecule has 0 radical (unpaired) electrons. The molecule has 2 aromatic rings. The highest BCUT2D eigenvalue weighted by Crippen LogP contribution is 2.41. The van der Waals surface area contributed by atoms with Crippen molar-refractivity contribution in [2.75, 3.05) is 26.2 Å². The van der Waals surface area contributed by atoms with Gasteiger partial charge in [-0.1, -0.05) is 27.5 Å². The van der Waals surface area contributed by atoms with Crippen molar-refractivity contribution in [3.8, 4) is 0 Å². The van der Waals surface area contributed by atoms with Gasteiger partial charge in [0.1, 0.15) is 0 Å². The van der Waals surface area contributed by atoms with E-state index < -0.39 is 0 Å². The van der Waals surface area contributed by atoms with Crippen LogP contribution in [0.25, 0.3) is 0 Å². The van der Waals surface area contributed by atoms with Gasteiger partial charge in [-0.25, -0.2) is 0 Å². The molecule has 7 heteroatoms. The summed E-state index contributed by atoms with van der Waals surface area (Å²) in [5.74, 6) is 0. The fraction of sp³-hybridized carbons (Fsp3) is 0.368. The quantitative estimate of drug-likeness (QED) is 0.581. The number of aryl methyl sites for hydroxylation is 2. The predicted molar refractivity (Wildman–Crippen MR) is 110 cm³/mol. The summed E-state index contributed by atoms with van der Waals surface area (Å²) < 4.78 is 2.03. The van der Waals surface area contributed by atoms with Crippen molar-refractivity contribution in [2.24, 2.45) is 0 Å². The van der Waals surface area contributed by atoms with Crippen LogP contribution in [0.3, 0.4) is 0 Å². The molecule has 1 aliphatic carbocycles. The van der Waals surface area contributed by atoms with Crippen LogP contribution in [0.15, 0.2) is 33.3 Å². The van der Waals surface area contributed by atoms with Gasteiger partial charge in [-0.2, -0.15) is 0 Å². The first-order valence-corrected chi connectivity index (χ1v) is 10.6. The molecule has 0 N–H and O–H groups in total. The summed E-state index contributed by atoms with van der Waals surface area (Å²) in [6.45, 7) is 3.14. The average Bonchev–Trinajstić information content (AvgIpc) is 2.78. The molecule has 2 heterocycles. The molecule has 2 aliphatic rings. The van der Waals surface area contributed by atoms with Crippen molar-refractivity contribution >= 4 is 49.9 Å². The smallest absolute Gasteiger partial charge is 0.209 e. The zero-order valence-electron chi connectivity index (χ0n) is 14.1. The molecule has 26 heavy (non-hydrogen) atoms. The molecule has 0 bridgehead atoms. The molecule has 1 atom stereocenters. The Bertz CT molecular complexity index is 853. The SMILES string of the molecule is O=CN1CCN([C@H]2c3ncc(Br)cc3CCc3cc(Cl)cc(Br)c32)CC1. The van der Waals surface area contributed by atoms with Crippen LogP contribution in [-0.4, -0.2) is 47.4 Å². The van der Waals surface area contributed by atoms with E-state index in [1.807, 2.05) is 17.2 Å². The summed E-state index contributed by atoms with van der Waals surface area (Å²) in [4.78, 5) is 20.2. The maximum absolute atomic E-state index is 11.1. The van der Waals surface area contributed by atoms with Gasteiger partial charge in [0, 0.05) is 46.3 Å². The van der Waals surface area contributed by atoms with E-state index in [4.69, 9.17) is 16.6 Å². The van der Waals surface area contributed by atoms with Gasteiger partial charge >= 0.3 is 0 Å². The zero-order chi connectivity index (χ0) is 18.3. The molecule has 1 aliphatic heterocycles. The zero-order valence-corrected chi connectivity index (χ0v) is 18.0. The molecule has 1 fully saturated rings. The second-order valence-corrected chi connectivity index (χ2v) is 8.94. The number of carbonyl (C=O) groups excluding carboxylic acids is 1. The van der Waals surface area contributed by atoms with Crippen molar-refractivity contribution in [2.45, 2.75) is 18.9 Å². The normalized spacial score (nSPS) is 20.3. The van der Waals surface area contributed by atoms with Crippen LogP contribution in [0.2, 0.25) is 5.02 Å². The van der Waals surface area contributed by atoms with Gasteiger partial charge in [0.2, 0.25) is 6.41 Å². The van der Waals surface area contributed by atoms with E-state index >= 15 is 0 Å². The lowest BCUT2D eigenvalue weighted by molar-refractivity contribution is -0.119. The Morgan fingerprint density at radius 3 is 2.54 bits per heavy atom. The number of rotatable bonds is 2. The standard InChI is InChI=1S/C19H18Br2ClN3O/c20-14-7-13-2-1-12-8-15(22)9-16(21)17(12)19(18(13)23-10-14)25-5-3-24(11-26)4-6-25/h7-11,19H,1-6H2/t19-/m1/s1. The maximum atomic E-state index is 11.1. The number of hydrogen-bond donors (Lipinski definition) is 0.